The molecule has 1 heterocycles. The Morgan fingerprint density at radius 1 is 1.31 bits per heavy atom. The van der Waals surface area contributed by atoms with Crippen molar-refractivity contribution in [1.29, 1.82) is 0 Å². The molecule has 0 atom stereocenters. The highest BCUT2D eigenvalue weighted by molar-refractivity contribution is 6.31. The molecule has 0 bridgehead atoms. The molecule has 3 heteroatoms. The van der Waals surface area contributed by atoms with Crippen molar-refractivity contribution in [2.24, 2.45) is 0 Å². The van der Waals surface area contributed by atoms with Crippen molar-refractivity contribution in [3.63, 3.8) is 0 Å². The summed E-state index contributed by atoms with van der Waals surface area (Å²) in [4.78, 5) is 4.62. The number of aromatic nitrogens is 1. The van der Waals surface area contributed by atoms with Crippen LogP contribution in [0.15, 0.2) is 24.3 Å². The molecule has 0 spiro atoms. The van der Waals surface area contributed by atoms with Crippen LogP contribution in [0.4, 0.5) is 5.69 Å². The number of rotatable bonds is 3. The van der Waals surface area contributed by atoms with Crippen molar-refractivity contribution >= 4 is 28.2 Å². The third-order valence-corrected chi connectivity index (χ3v) is 2.83. The average molecular weight is 235 g/mol. The fraction of sp³-hybridized carbons (Fsp3) is 0.308. The number of aryl methyl sites for hydroxylation is 1. The van der Waals surface area contributed by atoms with Crippen LogP contribution in [0.2, 0.25) is 5.02 Å². The van der Waals surface area contributed by atoms with Gasteiger partial charge in [-0.05, 0) is 30.7 Å². The minimum Gasteiger partial charge on any atom is -0.388 e. The van der Waals surface area contributed by atoms with Crippen molar-refractivity contribution < 1.29 is 0 Å². The zero-order valence-electron chi connectivity index (χ0n) is 9.55. The van der Waals surface area contributed by atoms with Crippen LogP contribution < -0.4 is 5.32 Å². The lowest BCUT2D eigenvalue weighted by Crippen LogP contribution is -1.96. The topological polar surface area (TPSA) is 24.9 Å². The van der Waals surface area contributed by atoms with E-state index in [4.69, 9.17) is 11.6 Å². The third kappa shape index (κ3) is 2.12. The fourth-order valence-corrected chi connectivity index (χ4v) is 2.02. The Kier molecular flexibility index (Phi) is 3.30. The summed E-state index contributed by atoms with van der Waals surface area (Å²) in [6.45, 7) is 2.16. The number of fused-ring (bicyclic) bond motifs is 1. The van der Waals surface area contributed by atoms with E-state index in [0.29, 0.717) is 0 Å². The highest BCUT2D eigenvalue weighted by Gasteiger charge is 2.04. The Morgan fingerprint density at radius 3 is 2.81 bits per heavy atom. The second kappa shape index (κ2) is 4.71. The molecule has 0 fully saturated rings. The van der Waals surface area contributed by atoms with E-state index in [2.05, 4.69) is 23.3 Å². The summed E-state index contributed by atoms with van der Waals surface area (Å²) in [5.41, 5.74) is 3.22. The third-order valence-electron chi connectivity index (χ3n) is 2.60. The lowest BCUT2D eigenvalue weighted by molar-refractivity contribution is 0.890. The largest absolute Gasteiger partial charge is 0.388 e. The summed E-state index contributed by atoms with van der Waals surface area (Å²) in [6, 6.07) is 7.90. The Hall–Kier alpha value is -1.28. The van der Waals surface area contributed by atoms with Crippen molar-refractivity contribution in [3.05, 3.63) is 35.0 Å². The van der Waals surface area contributed by atoms with Gasteiger partial charge in [0.25, 0.3) is 0 Å². The molecule has 84 valence electrons. The average Bonchev–Trinajstić information content (AvgIpc) is 2.29. The van der Waals surface area contributed by atoms with Gasteiger partial charge in [0.2, 0.25) is 0 Å². The number of benzene rings is 1. The zero-order valence-corrected chi connectivity index (χ0v) is 10.3. The fourth-order valence-electron chi connectivity index (χ4n) is 1.84. The van der Waals surface area contributed by atoms with Gasteiger partial charge in [0.1, 0.15) is 0 Å². The van der Waals surface area contributed by atoms with Crippen LogP contribution in [0.25, 0.3) is 10.9 Å². The number of halogens is 1. The van der Waals surface area contributed by atoms with Crippen LogP contribution in [-0.4, -0.2) is 12.0 Å². The number of nitrogens with zero attached hydrogens (tertiary/aromatic N) is 1. The first kappa shape index (κ1) is 11.2. The van der Waals surface area contributed by atoms with Gasteiger partial charge in [0, 0.05) is 28.8 Å². The molecule has 0 aliphatic carbocycles. The molecule has 1 aromatic heterocycles. The molecule has 2 rings (SSSR count). The number of nitrogens with one attached hydrogen (secondary N) is 1. The summed E-state index contributed by atoms with van der Waals surface area (Å²) in [6.07, 6.45) is 2.11. The van der Waals surface area contributed by atoms with Gasteiger partial charge in [-0.1, -0.05) is 24.9 Å². The minimum absolute atomic E-state index is 0.744. The summed E-state index contributed by atoms with van der Waals surface area (Å²) in [5, 5.41) is 5.02. The second-order valence-corrected chi connectivity index (χ2v) is 4.26. The molecule has 2 aromatic rings. The van der Waals surface area contributed by atoms with E-state index < -0.39 is 0 Å². The van der Waals surface area contributed by atoms with Crippen LogP contribution in [-0.2, 0) is 6.42 Å². The van der Waals surface area contributed by atoms with Crippen LogP contribution in [0.1, 0.15) is 19.0 Å². The van der Waals surface area contributed by atoms with E-state index in [1.807, 2.05) is 25.2 Å². The lowest BCUT2D eigenvalue weighted by atomic mass is 10.1. The van der Waals surface area contributed by atoms with Gasteiger partial charge in [-0.3, -0.25) is 4.98 Å². The molecule has 2 nitrogen and oxygen atoms in total. The van der Waals surface area contributed by atoms with Gasteiger partial charge in [-0.15, -0.1) is 0 Å². The maximum atomic E-state index is 5.99. The SMILES string of the molecule is CCCc1cc(NC)c2cc(Cl)ccc2n1. The van der Waals surface area contributed by atoms with Gasteiger partial charge in [0.15, 0.2) is 0 Å². The maximum Gasteiger partial charge on any atom is 0.0727 e. The number of anilines is 1. The summed E-state index contributed by atoms with van der Waals surface area (Å²) < 4.78 is 0. The summed E-state index contributed by atoms with van der Waals surface area (Å²) >= 11 is 5.99. The summed E-state index contributed by atoms with van der Waals surface area (Å²) in [5.74, 6) is 0. The van der Waals surface area contributed by atoms with E-state index >= 15 is 0 Å². The first-order valence-electron chi connectivity index (χ1n) is 5.51. The molecule has 0 saturated heterocycles. The Balaban J connectivity index is 2.63. The van der Waals surface area contributed by atoms with Gasteiger partial charge >= 0.3 is 0 Å². The highest BCUT2D eigenvalue weighted by Crippen LogP contribution is 2.26. The van der Waals surface area contributed by atoms with E-state index in [0.717, 1.165) is 40.1 Å². The van der Waals surface area contributed by atoms with Crippen LogP contribution in [0.5, 0.6) is 0 Å². The highest BCUT2D eigenvalue weighted by atomic mass is 35.5. The van der Waals surface area contributed by atoms with Crippen molar-refractivity contribution in [1.82, 2.24) is 4.98 Å². The van der Waals surface area contributed by atoms with E-state index in [9.17, 15) is 0 Å². The monoisotopic (exact) mass is 234 g/mol. The molecule has 0 aliphatic rings. The molecule has 0 saturated carbocycles. The van der Waals surface area contributed by atoms with Gasteiger partial charge in [-0.25, -0.2) is 0 Å². The Labute approximate surface area is 101 Å². The van der Waals surface area contributed by atoms with E-state index in [1.165, 1.54) is 0 Å². The van der Waals surface area contributed by atoms with Gasteiger partial charge in [-0.2, -0.15) is 0 Å². The van der Waals surface area contributed by atoms with Crippen molar-refractivity contribution in [2.45, 2.75) is 19.8 Å². The van der Waals surface area contributed by atoms with Crippen LogP contribution in [0, 0.1) is 0 Å². The smallest absolute Gasteiger partial charge is 0.0727 e. The van der Waals surface area contributed by atoms with E-state index in [-0.39, 0.29) is 0 Å². The van der Waals surface area contributed by atoms with Gasteiger partial charge < -0.3 is 5.32 Å². The van der Waals surface area contributed by atoms with Crippen LogP contribution >= 0.6 is 11.6 Å². The lowest BCUT2D eigenvalue weighted by Gasteiger charge is -2.09. The number of pyridine rings is 1. The standard InChI is InChI=1S/C13H15ClN2/c1-3-4-10-8-13(15-2)11-7-9(14)5-6-12(11)16-10/h5-8H,3-4H2,1-2H3,(H,15,16). The second-order valence-electron chi connectivity index (χ2n) is 3.82. The molecule has 0 aliphatic heterocycles. The quantitative estimate of drug-likeness (QED) is 0.872. The molecular formula is C13H15ClN2. The first-order valence-corrected chi connectivity index (χ1v) is 5.89. The molecular weight excluding hydrogens is 220 g/mol. The molecule has 0 amide bonds. The predicted molar refractivity (Wildman–Crippen MR) is 70.3 cm³/mol. The number of hydrogen-bond donors (Lipinski definition) is 1. The van der Waals surface area contributed by atoms with Crippen molar-refractivity contribution in [3.8, 4) is 0 Å². The summed E-state index contributed by atoms with van der Waals surface area (Å²) in [7, 11) is 1.92. The predicted octanol–water partition coefficient (Wildman–Crippen LogP) is 3.88. The maximum absolute atomic E-state index is 5.99. The van der Waals surface area contributed by atoms with E-state index in [1.54, 1.807) is 0 Å². The molecule has 0 unspecified atom stereocenters. The molecule has 1 N–H and O–H groups in total. The molecule has 0 radical (unpaired) electrons. The Morgan fingerprint density at radius 2 is 2.12 bits per heavy atom. The molecule has 16 heavy (non-hydrogen) atoms. The molecule has 1 aromatic carbocycles. The normalized spacial score (nSPS) is 10.7. The van der Waals surface area contributed by atoms with Crippen LogP contribution in [0.3, 0.4) is 0 Å². The Bertz CT molecular complexity index is 509. The number of hydrogen-bond acceptors (Lipinski definition) is 2. The first-order chi connectivity index (χ1) is 7.74. The van der Waals surface area contributed by atoms with Gasteiger partial charge in [0.05, 0.1) is 5.52 Å². The minimum atomic E-state index is 0.744. The van der Waals surface area contributed by atoms with Crippen molar-refractivity contribution in [2.75, 3.05) is 12.4 Å². The zero-order chi connectivity index (χ0) is 11.5.